The fourth-order valence-electron chi connectivity index (χ4n) is 2.83. The van der Waals surface area contributed by atoms with E-state index < -0.39 is 22.0 Å². The zero-order chi connectivity index (χ0) is 21.9. The van der Waals surface area contributed by atoms with Crippen molar-refractivity contribution in [1.29, 1.82) is 0 Å². The Morgan fingerprint density at radius 3 is 2.57 bits per heavy atom. The standard InChI is InChI=1S/C20H17ClF3N3O2S/c1-2-27-18(29)16(11-17(28)25-12-6-4-3-5-7-12)30-19(27)26-13-8-9-15(21)14(10-13)20(22,23)24/h3-10,16H,2,11H2,1H3,(H,25,28). The Labute approximate surface area is 180 Å². The number of anilines is 1. The first kappa shape index (κ1) is 22.2. The molecule has 30 heavy (non-hydrogen) atoms. The van der Waals surface area contributed by atoms with Crippen LogP contribution < -0.4 is 5.32 Å². The average molecular weight is 456 g/mol. The lowest BCUT2D eigenvalue weighted by Gasteiger charge is -2.14. The van der Waals surface area contributed by atoms with Crippen LogP contribution >= 0.6 is 23.4 Å². The minimum Gasteiger partial charge on any atom is -0.326 e. The molecule has 1 aliphatic heterocycles. The van der Waals surface area contributed by atoms with Gasteiger partial charge in [-0.25, -0.2) is 4.99 Å². The van der Waals surface area contributed by atoms with E-state index in [2.05, 4.69) is 10.3 Å². The summed E-state index contributed by atoms with van der Waals surface area (Å²) < 4.78 is 39.3. The molecule has 0 aromatic heterocycles. The second-order valence-corrected chi connectivity index (χ2v) is 7.94. The van der Waals surface area contributed by atoms with Crippen LogP contribution in [0.25, 0.3) is 0 Å². The summed E-state index contributed by atoms with van der Waals surface area (Å²) in [7, 11) is 0. The normalized spacial score (nSPS) is 18.2. The van der Waals surface area contributed by atoms with Gasteiger partial charge in [0.05, 0.1) is 16.3 Å². The van der Waals surface area contributed by atoms with Gasteiger partial charge in [0.15, 0.2) is 5.17 Å². The number of amidine groups is 1. The number of carbonyl (C=O) groups is 2. The predicted molar refractivity (Wildman–Crippen MR) is 112 cm³/mol. The number of carbonyl (C=O) groups excluding carboxylic acids is 2. The number of para-hydroxylation sites is 1. The molecule has 5 nitrogen and oxygen atoms in total. The quantitative estimate of drug-likeness (QED) is 0.662. The van der Waals surface area contributed by atoms with Crippen molar-refractivity contribution in [2.24, 2.45) is 4.99 Å². The van der Waals surface area contributed by atoms with E-state index in [0.29, 0.717) is 5.69 Å². The van der Waals surface area contributed by atoms with Crippen LogP contribution in [0.2, 0.25) is 5.02 Å². The molecule has 0 radical (unpaired) electrons. The lowest BCUT2D eigenvalue weighted by atomic mass is 10.2. The van der Waals surface area contributed by atoms with Gasteiger partial charge in [-0.3, -0.25) is 14.5 Å². The van der Waals surface area contributed by atoms with Crippen molar-refractivity contribution < 1.29 is 22.8 Å². The number of halogens is 4. The molecule has 0 spiro atoms. The van der Waals surface area contributed by atoms with Crippen LogP contribution in [0, 0.1) is 0 Å². The molecule has 1 N–H and O–H groups in total. The van der Waals surface area contributed by atoms with Crippen LogP contribution in [0.3, 0.4) is 0 Å². The Morgan fingerprint density at radius 1 is 1.23 bits per heavy atom. The molecule has 1 unspecified atom stereocenters. The fraction of sp³-hybridized carbons (Fsp3) is 0.250. The highest BCUT2D eigenvalue weighted by atomic mass is 35.5. The minimum absolute atomic E-state index is 0.0230. The fourth-order valence-corrected chi connectivity index (χ4v) is 4.27. The van der Waals surface area contributed by atoms with E-state index in [1.165, 1.54) is 11.0 Å². The molecule has 1 fully saturated rings. The Morgan fingerprint density at radius 2 is 1.93 bits per heavy atom. The molecule has 0 saturated carbocycles. The molecule has 1 atom stereocenters. The molecule has 2 aromatic carbocycles. The van der Waals surface area contributed by atoms with E-state index in [-0.39, 0.29) is 35.6 Å². The molecule has 0 aliphatic carbocycles. The zero-order valence-corrected chi connectivity index (χ0v) is 17.3. The topological polar surface area (TPSA) is 61.8 Å². The number of rotatable bonds is 5. The number of nitrogens with zero attached hydrogens (tertiary/aromatic N) is 2. The van der Waals surface area contributed by atoms with Crippen LogP contribution in [0.1, 0.15) is 18.9 Å². The van der Waals surface area contributed by atoms with E-state index in [4.69, 9.17) is 11.6 Å². The second kappa shape index (κ2) is 9.09. The molecule has 10 heteroatoms. The van der Waals surface area contributed by atoms with E-state index >= 15 is 0 Å². The lowest BCUT2D eigenvalue weighted by molar-refractivity contribution is -0.137. The number of hydrogen-bond donors (Lipinski definition) is 1. The largest absolute Gasteiger partial charge is 0.417 e. The molecule has 1 heterocycles. The van der Waals surface area contributed by atoms with Crippen molar-refractivity contribution >= 4 is 51.7 Å². The summed E-state index contributed by atoms with van der Waals surface area (Å²) in [5.74, 6) is -0.648. The number of amides is 2. The van der Waals surface area contributed by atoms with E-state index in [0.717, 1.165) is 23.9 Å². The van der Waals surface area contributed by atoms with Gasteiger partial charge in [-0.2, -0.15) is 13.2 Å². The Bertz CT molecular complexity index is 983. The van der Waals surface area contributed by atoms with Gasteiger partial charge in [0, 0.05) is 18.7 Å². The molecule has 1 aliphatic rings. The first-order chi connectivity index (χ1) is 14.2. The Balaban J connectivity index is 1.78. The predicted octanol–water partition coefficient (Wildman–Crippen LogP) is 5.34. The molecule has 2 amide bonds. The van der Waals surface area contributed by atoms with E-state index in [1.54, 1.807) is 31.2 Å². The number of aliphatic imine (C=N–C) groups is 1. The highest BCUT2D eigenvalue weighted by molar-refractivity contribution is 8.15. The van der Waals surface area contributed by atoms with Crippen molar-refractivity contribution in [2.75, 3.05) is 11.9 Å². The average Bonchev–Trinajstić information content (AvgIpc) is 2.97. The van der Waals surface area contributed by atoms with Gasteiger partial charge in [-0.05, 0) is 37.3 Å². The first-order valence-electron chi connectivity index (χ1n) is 8.97. The first-order valence-corrected chi connectivity index (χ1v) is 10.2. The highest BCUT2D eigenvalue weighted by Gasteiger charge is 2.38. The van der Waals surface area contributed by atoms with Gasteiger partial charge in [0.2, 0.25) is 11.8 Å². The summed E-state index contributed by atoms with van der Waals surface area (Å²) >= 11 is 6.69. The third-order valence-corrected chi connectivity index (χ3v) is 5.75. The van der Waals surface area contributed by atoms with Crippen molar-refractivity contribution in [1.82, 2.24) is 4.90 Å². The van der Waals surface area contributed by atoms with Crippen LogP contribution in [-0.4, -0.2) is 33.7 Å². The van der Waals surface area contributed by atoms with Gasteiger partial charge in [0.25, 0.3) is 0 Å². The highest BCUT2D eigenvalue weighted by Crippen LogP contribution is 2.38. The van der Waals surface area contributed by atoms with Gasteiger partial charge in [-0.15, -0.1) is 0 Å². The third-order valence-electron chi connectivity index (χ3n) is 4.24. The summed E-state index contributed by atoms with van der Waals surface area (Å²) in [5.41, 5.74) is -0.364. The Hall–Kier alpha value is -2.52. The van der Waals surface area contributed by atoms with Crippen molar-refractivity contribution in [3.8, 4) is 0 Å². The van der Waals surface area contributed by atoms with Gasteiger partial charge >= 0.3 is 6.18 Å². The Kier molecular flexibility index (Phi) is 6.72. The molecular weight excluding hydrogens is 439 g/mol. The zero-order valence-electron chi connectivity index (χ0n) is 15.7. The summed E-state index contributed by atoms with van der Waals surface area (Å²) in [6, 6.07) is 12.1. The molecule has 3 rings (SSSR count). The lowest BCUT2D eigenvalue weighted by Crippen LogP contribution is -2.33. The third kappa shape index (κ3) is 5.14. The van der Waals surface area contributed by atoms with Crippen LogP contribution in [0.5, 0.6) is 0 Å². The van der Waals surface area contributed by atoms with Gasteiger partial charge in [0.1, 0.15) is 5.25 Å². The molecule has 2 aromatic rings. The van der Waals surface area contributed by atoms with Crippen LogP contribution in [0.4, 0.5) is 24.5 Å². The maximum absolute atomic E-state index is 13.1. The molecule has 0 bridgehead atoms. The number of benzene rings is 2. The van der Waals surface area contributed by atoms with Gasteiger partial charge in [-0.1, -0.05) is 41.6 Å². The maximum Gasteiger partial charge on any atom is 0.417 e. The minimum atomic E-state index is -4.62. The monoisotopic (exact) mass is 455 g/mol. The second-order valence-electron chi connectivity index (χ2n) is 6.36. The number of nitrogens with one attached hydrogen (secondary N) is 1. The van der Waals surface area contributed by atoms with Crippen molar-refractivity contribution in [2.45, 2.75) is 24.8 Å². The summed E-state index contributed by atoms with van der Waals surface area (Å²) in [4.78, 5) is 30.5. The van der Waals surface area contributed by atoms with Crippen LogP contribution in [-0.2, 0) is 15.8 Å². The molecular formula is C20H17ClF3N3O2S. The van der Waals surface area contributed by atoms with Crippen molar-refractivity contribution in [3.63, 3.8) is 0 Å². The van der Waals surface area contributed by atoms with Crippen molar-refractivity contribution in [3.05, 3.63) is 59.1 Å². The van der Waals surface area contributed by atoms with Crippen LogP contribution in [0.15, 0.2) is 53.5 Å². The SMILES string of the molecule is CCN1C(=O)C(CC(=O)Nc2ccccc2)SC1=Nc1ccc(Cl)c(C(F)(F)F)c1. The molecule has 1 saturated heterocycles. The van der Waals surface area contributed by atoms with Gasteiger partial charge < -0.3 is 5.32 Å². The smallest absolute Gasteiger partial charge is 0.326 e. The summed E-state index contributed by atoms with van der Waals surface area (Å²) in [6.45, 7) is 2.00. The van der Waals surface area contributed by atoms with E-state index in [9.17, 15) is 22.8 Å². The number of thioether (sulfide) groups is 1. The summed E-state index contributed by atoms with van der Waals surface area (Å²) in [6.07, 6.45) is -4.70. The number of hydrogen-bond acceptors (Lipinski definition) is 4. The summed E-state index contributed by atoms with van der Waals surface area (Å²) in [5, 5.41) is 1.83. The molecule has 158 valence electrons. The van der Waals surface area contributed by atoms with E-state index in [1.807, 2.05) is 6.07 Å². The number of alkyl halides is 3. The maximum atomic E-state index is 13.1.